The van der Waals surface area contributed by atoms with Crippen LogP contribution in [0, 0.1) is 12.8 Å². The molecular weight excluding hydrogens is 418 g/mol. The van der Waals surface area contributed by atoms with E-state index in [-0.39, 0.29) is 5.91 Å². The molecule has 1 saturated carbocycles. The molecule has 1 aliphatic heterocycles. The van der Waals surface area contributed by atoms with E-state index in [4.69, 9.17) is 4.74 Å². The monoisotopic (exact) mass is 443 g/mol. The number of amides is 1. The number of aryl methyl sites for hydroxylation is 1. The molecule has 2 aliphatic rings. The smallest absolute Gasteiger partial charge is 0.253 e. The minimum absolute atomic E-state index is 0.00826. The highest BCUT2D eigenvalue weighted by Gasteiger charge is 2.29. The molecule has 0 radical (unpaired) electrons. The average Bonchev–Trinajstić information content (AvgIpc) is 3.55. The molecule has 0 atom stereocenters. The highest BCUT2D eigenvalue weighted by atomic mass is 79.9. The molecule has 0 bridgehead atoms. The zero-order valence-corrected chi connectivity index (χ0v) is 17.7. The Morgan fingerprint density at radius 3 is 2.75 bits per heavy atom. The van der Waals surface area contributed by atoms with E-state index in [1.54, 1.807) is 6.20 Å². The third kappa shape index (κ3) is 4.73. The topological polar surface area (TPSA) is 63.2 Å². The number of pyridine rings is 1. The molecule has 2 heterocycles. The van der Waals surface area contributed by atoms with Gasteiger partial charge in [-0.25, -0.2) is 4.98 Å². The van der Waals surface area contributed by atoms with Crippen molar-refractivity contribution in [1.29, 1.82) is 0 Å². The van der Waals surface area contributed by atoms with Crippen LogP contribution in [0.3, 0.4) is 0 Å². The third-order valence-electron chi connectivity index (χ3n) is 5.55. The van der Waals surface area contributed by atoms with Gasteiger partial charge in [0.25, 0.3) is 5.91 Å². The van der Waals surface area contributed by atoms with Gasteiger partial charge in [-0.1, -0.05) is 22.0 Å². The lowest BCUT2D eigenvalue weighted by molar-refractivity contribution is 0.0642. The summed E-state index contributed by atoms with van der Waals surface area (Å²) in [4.78, 5) is 17.3. The number of hydrogen-bond donors (Lipinski definition) is 2. The van der Waals surface area contributed by atoms with Gasteiger partial charge in [0.2, 0.25) is 0 Å². The van der Waals surface area contributed by atoms with Crippen LogP contribution in [-0.4, -0.2) is 30.6 Å². The number of hydrogen-bond acceptors (Lipinski definition) is 4. The molecule has 5 nitrogen and oxygen atoms in total. The second-order valence-electron chi connectivity index (χ2n) is 7.78. The number of halogens is 1. The van der Waals surface area contributed by atoms with Crippen molar-refractivity contribution in [2.24, 2.45) is 5.92 Å². The molecule has 1 saturated heterocycles. The first-order valence-electron chi connectivity index (χ1n) is 9.99. The molecule has 2 fully saturated rings. The fourth-order valence-corrected chi connectivity index (χ4v) is 3.97. The number of rotatable bonds is 6. The van der Waals surface area contributed by atoms with E-state index in [9.17, 15) is 4.79 Å². The van der Waals surface area contributed by atoms with Gasteiger partial charge in [-0.05, 0) is 73.8 Å². The Labute approximate surface area is 174 Å². The molecular formula is C22H26BrN3O2. The molecule has 2 aromatic rings. The quantitative estimate of drug-likeness (QED) is 0.663. The number of nitrogens with zero attached hydrogens (tertiary/aromatic N) is 1. The Morgan fingerprint density at radius 2 is 2.00 bits per heavy atom. The Hall–Kier alpha value is -1.92. The lowest BCUT2D eigenvalue weighted by atomic mass is 10.00. The normalized spacial score (nSPS) is 17.4. The highest BCUT2D eigenvalue weighted by molar-refractivity contribution is 9.10. The molecule has 1 aromatic carbocycles. The minimum Gasteiger partial charge on any atom is -0.381 e. The average molecular weight is 444 g/mol. The van der Waals surface area contributed by atoms with Crippen LogP contribution in [0.5, 0.6) is 0 Å². The van der Waals surface area contributed by atoms with E-state index in [1.807, 2.05) is 18.2 Å². The van der Waals surface area contributed by atoms with Crippen molar-refractivity contribution < 1.29 is 9.53 Å². The van der Waals surface area contributed by atoms with E-state index in [2.05, 4.69) is 44.5 Å². The van der Waals surface area contributed by atoms with Crippen LogP contribution < -0.4 is 10.6 Å². The van der Waals surface area contributed by atoms with Crippen LogP contribution in [0.15, 0.2) is 34.9 Å². The molecule has 148 valence electrons. The summed E-state index contributed by atoms with van der Waals surface area (Å²) in [7, 11) is 0. The van der Waals surface area contributed by atoms with Crippen molar-refractivity contribution in [1.82, 2.24) is 10.3 Å². The summed E-state index contributed by atoms with van der Waals surface area (Å²) >= 11 is 3.52. The second-order valence-corrected chi connectivity index (χ2v) is 8.70. The zero-order chi connectivity index (χ0) is 19.5. The highest BCUT2D eigenvalue weighted by Crippen LogP contribution is 2.42. The molecule has 4 rings (SSSR count). The molecule has 1 aromatic heterocycles. The van der Waals surface area contributed by atoms with Crippen LogP contribution in [0.1, 0.15) is 53.1 Å². The van der Waals surface area contributed by atoms with Gasteiger partial charge < -0.3 is 15.4 Å². The summed E-state index contributed by atoms with van der Waals surface area (Å²) in [5.41, 5.74) is 3.98. The van der Waals surface area contributed by atoms with Gasteiger partial charge in [0.15, 0.2) is 0 Å². The van der Waals surface area contributed by atoms with Gasteiger partial charge in [-0.2, -0.15) is 0 Å². The fraction of sp³-hybridized carbons (Fsp3) is 0.455. The van der Waals surface area contributed by atoms with Crippen molar-refractivity contribution in [2.75, 3.05) is 25.1 Å². The molecule has 1 amide bonds. The van der Waals surface area contributed by atoms with Gasteiger partial charge in [-0.15, -0.1) is 0 Å². The number of carbonyl (C=O) groups excluding carboxylic acids is 1. The van der Waals surface area contributed by atoms with E-state index >= 15 is 0 Å². The van der Waals surface area contributed by atoms with Crippen molar-refractivity contribution in [3.05, 3.63) is 51.6 Å². The van der Waals surface area contributed by atoms with Crippen molar-refractivity contribution in [3.8, 4) is 0 Å². The largest absolute Gasteiger partial charge is 0.381 e. The molecule has 6 heteroatoms. The number of anilines is 2. The molecule has 0 spiro atoms. The Balaban J connectivity index is 1.49. The summed E-state index contributed by atoms with van der Waals surface area (Å²) in [5.74, 6) is 1.75. The second kappa shape index (κ2) is 8.62. The van der Waals surface area contributed by atoms with Gasteiger partial charge in [-0.3, -0.25) is 4.79 Å². The van der Waals surface area contributed by atoms with E-state index in [0.29, 0.717) is 23.9 Å². The van der Waals surface area contributed by atoms with Gasteiger partial charge in [0, 0.05) is 36.1 Å². The number of benzene rings is 1. The summed E-state index contributed by atoms with van der Waals surface area (Å²) in [5, 5.41) is 6.52. The van der Waals surface area contributed by atoms with Crippen LogP contribution in [-0.2, 0) is 4.74 Å². The number of nitrogens with one attached hydrogen (secondary N) is 2. The van der Waals surface area contributed by atoms with Crippen molar-refractivity contribution in [3.63, 3.8) is 0 Å². The SMILES string of the molecule is Cc1ccc(Br)cc1Nc1cc(C2CC2)c(C(=O)NCC2CCOCC2)cn1. The maximum Gasteiger partial charge on any atom is 0.253 e. The Morgan fingerprint density at radius 1 is 1.21 bits per heavy atom. The molecule has 2 N–H and O–H groups in total. The van der Waals surface area contributed by atoms with Gasteiger partial charge in [0.05, 0.1) is 5.56 Å². The predicted molar refractivity (Wildman–Crippen MR) is 114 cm³/mol. The lowest BCUT2D eigenvalue weighted by Gasteiger charge is -2.22. The van der Waals surface area contributed by atoms with Crippen LogP contribution in [0.25, 0.3) is 0 Å². The van der Waals surface area contributed by atoms with Crippen LogP contribution in [0.2, 0.25) is 0 Å². The maximum absolute atomic E-state index is 12.8. The van der Waals surface area contributed by atoms with Gasteiger partial charge >= 0.3 is 0 Å². The van der Waals surface area contributed by atoms with Crippen LogP contribution in [0.4, 0.5) is 11.5 Å². The first kappa shape index (κ1) is 19.4. The zero-order valence-electron chi connectivity index (χ0n) is 16.1. The maximum atomic E-state index is 12.8. The minimum atomic E-state index is -0.00826. The summed E-state index contributed by atoms with van der Waals surface area (Å²) in [6, 6.07) is 8.17. The summed E-state index contributed by atoms with van der Waals surface area (Å²) in [6.07, 6.45) is 6.04. The standard InChI is InChI=1S/C22H26BrN3O2/c1-14-2-5-17(23)10-20(14)26-21-11-18(16-3-4-16)19(13-24-21)22(27)25-12-15-6-8-28-9-7-15/h2,5,10-11,13,15-16H,3-4,6-9,12H2,1H3,(H,24,26)(H,25,27). The first-order valence-corrected chi connectivity index (χ1v) is 10.8. The Bertz CT molecular complexity index is 861. The van der Waals surface area contributed by atoms with Crippen molar-refractivity contribution in [2.45, 2.75) is 38.5 Å². The number of ether oxygens (including phenoxy) is 1. The summed E-state index contributed by atoms with van der Waals surface area (Å²) in [6.45, 7) is 4.37. The molecule has 1 aliphatic carbocycles. The number of carbonyl (C=O) groups is 1. The van der Waals surface area contributed by atoms with E-state index < -0.39 is 0 Å². The number of aromatic nitrogens is 1. The first-order chi connectivity index (χ1) is 13.6. The fourth-order valence-electron chi connectivity index (χ4n) is 3.61. The molecule has 28 heavy (non-hydrogen) atoms. The molecule has 0 unspecified atom stereocenters. The predicted octanol–water partition coefficient (Wildman–Crippen LogP) is 4.93. The third-order valence-corrected chi connectivity index (χ3v) is 6.05. The van der Waals surface area contributed by atoms with E-state index in [1.165, 1.54) is 0 Å². The van der Waals surface area contributed by atoms with E-state index in [0.717, 1.165) is 66.0 Å². The van der Waals surface area contributed by atoms with Gasteiger partial charge in [0.1, 0.15) is 5.82 Å². The van der Waals surface area contributed by atoms with Crippen LogP contribution >= 0.6 is 15.9 Å². The lowest BCUT2D eigenvalue weighted by Crippen LogP contribution is -2.32. The van der Waals surface area contributed by atoms with Crippen molar-refractivity contribution >= 4 is 33.3 Å². The summed E-state index contributed by atoms with van der Waals surface area (Å²) < 4.78 is 6.42. The Kier molecular flexibility index (Phi) is 5.97.